The molecule has 1 aliphatic heterocycles. The summed E-state index contributed by atoms with van der Waals surface area (Å²) in [5, 5.41) is 12.6. The monoisotopic (exact) mass is 284 g/mol. The number of aliphatic hydroxyl groups excluding tert-OH is 1. The molecule has 2 rings (SSSR count). The van der Waals surface area contributed by atoms with E-state index in [2.05, 4.69) is 5.32 Å². The van der Waals surface area contributed by atoms with Crippen LogP contribution in [0.4, 0.5) is 4.79 Å². The number of hydrogen-bond acceptors (Lipinski definition) is 3. The van der Waals surface area contributed by atoms with Crippen LogP contribution in [0.1, 0.15) is 18.6 Å². The lowest BCUT2D eigenvalue weighted by molar-refractivity contribution is 0.198. The van der Waals surface area contributed by atoms with E-state index in [1.54, 1.807) is 30.0 Å². The van der Waals surface area contributed by atoms with Crippen molar-refractivity contribution in [1.82, 2.24) is 10.2 Å². The van der Waals surface area contributed by atoms with Gasteiger partial charge in [0.05, 0.1) is 17.7 Å². The third-order valence-electron chi connectivity index (χ3n) is 3.00. The Morgan fingerprint density at radius 3 is 2.95 bits per heavy atom. The molecule has 0 aliphatic carbocycles. The van der Waals surface area contributed by atoms with E-state index in [1.165, 1.54) is 0 Å². The van der Waals surface area contributed by atoms with Crippen LogP contribution < -0.4 is 10.1 Å². The van der Waals surface area contributed by atoms with Gasteiger partial charge in [-0.2, -0.15) is 0 Å². The van der Waals surface area contributed by atoms with E-state index in [4.69, 9.17) is 16.3 Å². The van der Waals surface area contributed by atoms with Gasteiger partial charge in [0.25, 0.3) is 0 Å². The van der Waals surface area contributed by atoms with Crippen LogP contribution in [0, 0.1) is 0 Å². The number of benzene rings is 1. The molecule has 2 N–H and O–H groups in total. The van der Waals surface area contributed by atoms with E-state index in [-0.39, 0.29) is 6.03 Å². The molecule has 0 unspecified atom stereocenters. The second-order valence-corrected chi connectivity index (χ2v) is 4.84. The first-order valence-electron chi connectivity index (χ1n) is 6.21. The summed E-state index contributed by atoms with van der Waals surface area (Å²) in [6, 6.07) is 5.13. The molecule has 0 bridgehead atoms. The number of urea groups is 1. The number of aliphatic hydroxyl groups is 1. The first kappa shape index (κ1) is 14.0. The van der Waals surface area contributed by atoms with Gasteiger partial charge in [0, 0.05) is 13.1 Å². The van der Waals surface area contributed by atoms with Crippen molar-refractivity contribution in [3.8, 4) is 5.75 Å². The smallest absolute Gasteiger partial charge is 0.317 e. The summed E-state index contributed by atoms with van der Waals surface area (Å²) in [5.41, 5.74) is 0.747. The second-order valence-electron chi connectivity index (χ2n) is 4.43. The fourth-order valence-electron chi connectivity index (χ4n) is 1.88. The summed E-state index contributed by atoms with van der Waals surface area (Å²) in [5.74, 6) is 0.561. The number of carbonyl (C=O) groups is 1. The third-order valence-corrected chi connectivity index (χ3v) is 3.30. The maximum Gasteiger partial charge on any atom is 0.317 e. The lowest BCUT2D eigenvalue weighted by Crippen LogP contribution is -2.31. The number of hydrogen-bond donors (Lipinski definition) is 2. The highest BCUT2D eigenvalue weighted by Gasteiger charge is 2.18. The molecule has 19 heavy (non-hydrogen) atoms. The van der Waals surface area contributed by atoms with E-state index < -0.39 is 6.10 Å². The van der Waals surface area contributed by atoms with Crippen molar-refractivity contribution >= 4 is 17.6 Å². The highest BCUT2D eigenvalue weighted by atomic mass is 35.5. The average Bonchev–Trinajstić information content (AvgIpc) is 2.77. The predicted molar refractivity (Wildman–Crippen MR) is 72.6 cm³/mol. The fourth-order valence-corrected chi connectivity index (χ4v) is 2.13. The number of nitrogens with zero attached hydrogens (tertiary/aromatic N) is 1. The van der Waals surface area contributed by atoms with Crippen LogP contribution in [-0.4, -0.2) is 42.3 Å². The number of rotatable bonds is 5. The number of nitrogens with one attached hydrogen (secondary N) is 1. The molecular formula is C13H17ClN2O3. The van der Waals surface area contributed by atoms with Gasteiger partial charge in [-0.3, -0.25) is 0 Å². The summed E-state index contributed by atoms with van der Waals surface area (Å²) in [6.07, 6.45) is -0.556. The van der Waals surface area contributed by atoms with Gasteiger partial charge in [0.1, 0.15) is 12.4 Å². The maximum atomic E-state index is 11.3. The molecule has 1 fully saturated rings. The summed E-state index contributed by atoms with van der Waals surface area (Å²) in [7, 11) is 0. The number of carbonyl (C=O) groups excluding carboxylic acids is 1. The van der Waals surface area contributed by atoms with Gasteiger partial charge in [0.2, 0.25) is 0 Å². The SMILES string of the molecule is C[C@H](O)c1ccc(OCCN2CCNC2=O)c(Cl)c1. The first-order valence-corrected chi connectivity index (χ1v) is 6.59. The van der Waals surface area contributed by atoms with Gasteiger partial charge in [-0.15, -0.1) is 0 Å². The second kappa shape index (κ2) is 6.12. The van der Waals surface area contributed by atoms with Crippen molar-refractivity contribution in [1.29, 1.82) is 0 Å². The van der Waals surface area contributed by atoms with Crippen LogP contribution >= 0.6 is 11.6 Å². The van der Waals surface area contributed by atoms with Crippen molar-refractivity contribution in [3.05, 3.63) is 28.8 Å². The fraction of sp³-hybridized carbons (Fsp3) is 0.462. The normalized spacial score (nSPS) is 16.4. The molecule has 0 radical (unpaired) electrons. The predicted octanol–water partition coefficient (Wildman–Crippen LogP) is 1.80. The van der Waals surface area contributed by atoms with Crippen molar-refractivity contribution in [3.63, 3.8) is 0 Å². The largest absolute Gasteiger partial charge is 0.490 e. The standard InChI is InChI=1S/C13H17ClN2O3/c1-9(17)10-2-3-12(11(14)8-10)19-7-6-16-5-4-15-13(16)18/h2-3,8-9,17H,4-7H2,1H3,(H,15,18)/t9-/m0/s1. The number of amides is 2. The summed E-state index contributed by atoms with van der Waals surface area (Å²) < 4.78 is 5.55. The third kappa shape index (κ3) is 3.52. The van der Waals surface area contributed by atoms with E-state index in [1.807, 2.05) is 0 Å². The van der Waals surface area contributed by atoms with Crippen molar-refractivity contribution in [2.75, 3.05) is 26.2 Å². The molecule has 1 aromatic rings. The lowest BCUT2D eigenvalue weighted by Gasteiger charge is -2.15. The minimum Gasteiger partial charge on any atom is -0.490 e. The lowest BCUT2D eigenvalue weighted by atomic mass is 10.1. The van der Waals surface area contributed by atoms with E-state index in [9.17, 15) is 9.90 Å². The van der Waals surface area contributed by atoms with E-state index in [0.717, 1.165) is 5.56 Å². The molecule has 1 saturated heterocycles. The molecular weight excluding hydrogens is 268 g/mol. The van der Waals surface area contributed by atoms with Gasteiger partial charge < -0.3 is 20.1 Å². The number of ether oxygens (including phenoxy) is 1. The topological polar surface area (TPSA) is 61.8 Å². The Labute approximate surface area is 117 Å². The molecule has 0 aromatic heterocycles. The molecule has 0 spiro atoms. The Morgan fingerprint density at radius 1 is 1.58 bits per heavy atom. The molecule has 6 heteroatoms. The Hall–Kier alpha value is -1.46. The van der Waals surface area contributed by atoms with Crippen LogP contribution in [0.3, 0.4) is 0 Å². The Morgan fingerprint density at radius 2 is 2.37 bits per heavy atom. The summed E-state index contributed by atoms with van der Waals surface area (Å²) in [6.45, 7) is 3.99. The summed E-state index contributed by atoms with van der Waals surface area (Å²) in [4.78, 5) is 13.0. The average molecular weight is 285 g/mol. The van der Waals surface area contributed by atoms with Gasteiger partial charge in [-0.1, -0.05) is 17.7 Å². The van der Waals surface area contributed by atoms with Crippen molar-refractivity contribution < 1.29 is 14.6 Å². The zero-order valence-corrected chi connectivity index (χ0v) is 11.5. The Balaban J connectivity index is 1.87. The van der Waals surface area contributed by atoms with Crippen LogP contribution in [-0.2, 0) is 0 Å². The first-order chi connectivity index (χ1) is 9.08. The maximum absolute atomic E-state index is 11.3. The van der Waals surface area contributed by atoms with Crippen LogP contribution in [0.25, 0.3) is 0 Å². The highest BCUT2D eigenvalue weighted by Crippen LogP contribution is 2.27. The Kier molecular flexibility index (Phi) is 4.50. The van der Waals surface area contributed by atoms with Crippen LogP contribution in [0.2, 0.25) is 5.02 Å². The quantitative estimate of drug-likeness (QED) is 0.867. The van der Waals surface area contributed by atoms with Gasteiger partial charge in [0.15, 0.2) is 0 Å². The highest BCUT2D eigenvalue weighted by molar-refractivity contribution is 6.32. The van der Waals surface area contributed by atoms with Crippen molar-refractivity contribution in [2.45, 2.75) is 13.0 Å². The zero-order chi connectivity index (χ0) is 13.8. The Bertz CT molecular complexity index is 465. The molecule has 1 aromatic carbocycles. The van der Waals surface area contributed by atoms with Crippen LogP contribution in [0.5, 0.6) is 5.75 Å². The number of halogens is 1. The zero-order valence-electron chi connectivity index (χ0n) is 10.7. The summed E-state index contributed by atoms with van der Waals surface area (Å²) >= 11 is 6.07. The van der Waals surface area contributed by atoms with Gasteiger partial charge in [-0.25, -0.2) is 4.79 Å². The van der Waals surface area contributed by atoms with Crippen LogP contribution in [0.15, 0.2) is 18.2 Å². The minimum absolute atomic E-state index is 0.0563. The van der Waals surface area contributed by atoms with Gasteiger partial charge >= 0.3 is 6.03 Å². The molecule has 1 atom stereocenters. The molecule has 1 heterocycles. The van der Waals surface area contributed by atoms with E-state index in [0.29, 0.717) is 37.0 Å². The van der Waals surface area contributed by atoms with Crippen molar-refractivity contribution in [2.24, 2.45) is 0 Å². The molecule has 1 aliphatic rings. The molecule has 104 valence electrons. The van der Waals surface area contributed by atoms with E-state index >= 15 is 0 Å². The molecule has 0 saturated carbocycles. The minimum atomic E-state index is -0.556. The van der Waals surface area contributed by atoms with Gasteiger partial charge in [-0.05, 0) is 24.6 Å². The molecule has 2 amide bonds. The molecule has 5 nitrogen and oxygen atoms in total.